The molecule has 0 bridgehead atoms. The van der Waals surface area contributed by atoms with Crippen LogP contribution in [-0.2, 0) is 0 Å². The van der Waals surface area contributed by atoms with Crippen molar-refractivity contribution in [1.82, 2.24) is 10.6 Å². The van der Waals surface area contributed by atoms with Crippen molar-refractivity contribution < 1.29 is 9.47 Å². The molecule has 0 aromatic heterocycles. The summed E-state index contributed by atoms with van der Waals surface area (Å²) in [6, 6.07) is 19.1. The molecule has 0 radical (unpaired) electrons. The van der Waals surface area contributed by atoms with Crippen molar-refractivity contribution in [1.29, 1.82) is 10.5 Å². The van der Waals surface area contributed by atoms with Gasteiger partial charge in [-0.3, -0.25) is 10.6 Å². The van der Waals surface area contributed by atoms with Crippen LogP contribution in [0.3, 0.4) is 0 Å². The summed E-state index contributed by atoms with van der Waals surface area (Å²) in [5.74, 6) is 1.57. The second-order valence-electron chi connectivity index (χ2n) is 6.99. The van der Waals surface area contributed by atoms with Crippen LogP contribution in [0.25, 0.3) is 0 Å². The zero-order valence-electron chi connectivity index (χ0n) is 17.7. The lowest BCUT2D eigenvalue weighted by Crippen LogP contribution is -2.22. The molecule has 30 heavy (non-hydrogen) atoms. The summed E-state index contributed by atoms with van der Waals surface area (Å²) in [5, 5.41) is 25.4. The first-order valence-corrected chi connectivity index (χ1v) is 10.3. The largest absolute Gasteiger partial charge is 0.497 e. The molecule has 2 N–H and O–H groups in total. The third-order valence-electron chi connectivity index (χ3n) is 4.96. The van der Waals surface area contributed by atoms with E-state index in [2.05, 4.69) is 22.8 Å². The van der Waals surface area contributed by atoms with Crippen LogP contribution in [-0.4, -0.2) is 27.3 Å². The summed E-state index contributed by atoms with van der Waals surface area (Å²) in [5.41, 5.74) is 1.90. The van der Waals surface area contributed by atoms with Crippen LogP contribution in [0, 0.1) is 22.7 Å². The second-order valence-corrected chi connectivity index (χ2v) is 6.99. The van der Waals surface area contributed by atoms with Gasteiger partial charge in [-0.1, -0.05) is 37.1 Å². The molecule has 0 aliphatic rings. The molecule has 0 saturated heterocycles. The highest BCUT2D eigenvalue weighted by Gasteiger charge is 2.10. The van der Waals surface area contributed by atoms with Crippen molar-refractivity contribution >= 4 is 0 Å². The third kappa shape index (κ3) is 7.40. The van der Waals surface area contributed by atoms with Gasteiger partial charge >= 0.3 is 0 Å². The Hall–Kier alpha value is -3.06. The topological polar surface area (TPSA) is 90.1 Å². The Bertz CT molecular complexity index is 751. The van der Waals surface area contributed by atoms with Gasteiger partial charge in [0.2, 0.25) is 0 Å². The molecular weight excluding hydrogens is 376 g/mol. The van der Waals surface area contributed by atoms with Gasteiger partial charge in [0.15, 0.2) is 0 Å². The Balaban J connectivity index is 1.60. The molecular formula is C24H30N4O2. The summed E-state index contributed by atoms with van der Waals surface area (Å²) in [6.45, 7) is 1.59. The minimum absolute atomic E-state index is 0.307. The zero-order chi connectivity index (χ0) is 21.6. The number of nitrogens with zero attached hydrogens (tertiary/aromatic N) is 2. The highest BCUT2D eigenvalue weighted by atomic mass is 16.5. The molecule has 6 heteroatoms. The SMILES string of the molecule is COc1ccc([C@@H](C#N)NCCCCCCN[C@H](C#N)c2ccc(OC)cc2)cc1. The van der Waals surface area contributed by atoms with Gasteiger partial charge in [-0.05, 0) is 61.3 Å². The number of benzene rings is 2. The summed E-state index contributed by atoms with van der Waals surface area (Å²) in [7, 11) is 3.26. The average molecular weight is 407 g/mol. The van der Waals surface area contributed by atoms with Gasteiger partial charge in [-0.15, -0.1) is 0 Å². The number of rotatable bonds is 13. The molecule has 0 spiro atoms. The highest BCUT2D eigenvalue weighted by molar-refractivity contribution is 5.32. The number of ether oxygens (including phenoxy) is 2. The number of methoxy groups -OCH3 is 2. The molecule has 0 fully saturated rings. The van der Waals surface area contributed by atoms with Crippen LogP contribution in [0.1, 0.15) is 48.9 Å². The Labute approximate surface area is 179 Å². The van der Waals surface area contributed by atoms with Gasteiger partial charge in [-0.2, -0.15) is 10.5 Å². The molecule has 0 saturated carbocycles. The lowest BCUT2D eigenvalue weighted by atomic mass is 10.1. The summed E-state index contributed by atoms with van der Waals surface area (Å²) >= 11 is 0. The molecule has 0 unspecified atom stereocenters. The minimum Gasteiger partial charge on any atom is -0.497 e. The van der Waals surface area contributed by atoms with E-state index in [0.29, 0.717) is 0 Å². The first-order valence-electron chi connectivity index (χ1n) is 10.3. The molecule has 6 nitrogen and oxygen atoms in total. The molecule has 2 rings (SSSR count). The fourth-order valence-corrected chi connectivity index (χ4v) is 3.17. The number of hydrogen-bond acceptors (Lipinski definition) is 6. The van der Waals surface area contributed by atoms with Crippen LogP contribution >= 0.6 is 0 Å². The van der Waals surface area contributed by atoms with Crippen molar-refractivity contribution in [2.45, 2.75) is 37.8 Å². The van der Waals surface area contributed by atoms with E-state index in [9.17, 15) is 10.5 Å². The zero-order valence-corrected chi connectivity index (χ0v) is 17.7. The maximum atomic E-state index is 9.39. The van der Waals surface area contributed by atoms with Crippen LogP contribution in [0.4, 0.5) is 0 Å². The monoisotopic (exact) mass is 406 g/mol. The fraction of sp³-hybridized carbons (Fsp3) is 0.417. The molecule has 2 atom stereocenters. The lowest BCUT2D eigenvalue weighted by molar-refractivity contribution is 0.414. The molecule has 0 amide bonds. The molecule has 0 aliphatic heterocycles. The van der Waals surface area contributed by atoms with E-state index in [1.807, 2.05) is 48.5 Å². The van der Waals surface area contributed by atoms with E-state index in [1.54, 1.807) is 14.2 Å². The minimum atomic E-state index is -0.307. The predicted octanol–water partition coefficient (Wildman–Crippen LogP) is 4.27. The Morgan fingerprint density at radius 3 is 1.33 bits per heavy atom. The van der Waals surface area contributed by atoms with E-state index in [1.165, 1.54) is 0 Å². The standard InChI is InChI=1S/C24H30N4O2/c1-29-21-11-7-19(8-12-21)23(17-25)27-15-5-3-4-6-16-28-24(18-26)20-9-13-22(30-2)14-10-20/h7-14,23-24,27-28H,3-6,15-16H2,1-2H3/t23-,24-/m1/s1. The number of unbranched alkanes of at least 4 members (excludes halogenated alkanes) is 3. The fourth-order valence-electron chi connectivity index (χ4n) is 3.17. The highest BCUT2D eigenvalue weighted by Crippen LogP contribution is 2.18. The predicted molar refractivity (Wildman–Crippen MR) is 117 cm³/mol. The van der Waals surface area contributed by atoms with Crippen molar-refractivity contribution in [2.75, 3.05) is 27.3 Å². The van der Waals surface area contributed by atoms with E-state index < -0.39 is 0 Å². The summed E-state index contributed by atoms with van der Waals surface area (Å²) in [6.07, 6.45) is 4.17. The summed E-state index contributed by atoms with van der Waals surface area (Å²) < 4.78 is 10.3. The van der Waals surface area contributed by atoms with Gasteiger partial charge in [0, 0.05) is 0 Å². The Morgan fingerprint density at radius 1 is 0.667 bits per heavy atom. The Morgan fingerprint density at radius 2 is 1.03 bits per heavy atom. The molecule has 0 heterocycles. The quantitative estimate of drug-likeness (QED) is 0.483. The molecule has 158 valence electrons. The second kappa shape index (κ2) is 13.2. The normalized spacial score (nSPS) is 12.4. The Kier molecular flexibility index (Phi) is 10.2. The van der Waals surface area contributed by atoms with E-state index >= 15 is 0 Å². The van der Waals surface area contributed by atoms with E-state index in [-0.39, 0.29) is 12.1 Å². The molecule has 0 aliphatic carbocycles. The van der Waals surface area contributed by atoms with Crippen LogP contribution < -0.4 is 20.1 Å². The van der Waals surface area contributed by atoms with Gasteiger partial charge in [0.25, 0.3) is 0 Å². The average Bonchev–Trinajstić information content (AvgIpc) is 2.81. The van der Waals surface area contributed by atoms with Crippen LogP contribution in [0.5, 0.6) is 11.5 Å². The number of hydrogen-bond donors (Lipinski definition) is 2. The van der Waals surface area contributed by atoms with Gasteiger partial charge in [-0.25, -0.2) is 0 Å². The smallest absolute Gasteiger partial charge is 0.121 e. The van der Waals surface area contributed by atoms with Crippen LogP contribution in [0.15, 0.2) is 48.5 Å². The van der Waals surface area contributed by atoms with Crippen molar-refractivity contribution in [3.8, 4) is 23.6 Å². The van der Waals surface area contributed by atoms with Crippen molar-refractivity contribution in [2.24, 2.45) is 0 Å². The van der Waals surface area contributed by atoms with Gasteiger partial charge < -0.3 is 9.47 Å². The third-order valence-corrected chi connectivity index (χ3v) is 4.96. The first-order chi connectivity index (χ1) is 14.7. The van der Waals surface area contributed by atoms with E-state index in [0.717, 1.165) is 61.4 Å². The summed E-state index contributed by atoms with van der Waals surface area (Å²) in [4.78, 5) is 0. The number of nitrogens with one attached hydrogen (secondary N) is 2. The van der Waals surface area contributed by atoms with Gasteiger partial charge in [0.05, 0.1) is 26.4 Å². The molecule has 2 aromatic rings. The maximum Gasteiger partial charge on any atom is 0.121 e. The van der Waals surface area contributed by atoms with Crippen molar-refractivity contribution in [3.05, 3.63) is 59.7 Å². The van der Waals surface area contributed by atoms with Crippen LogP contribution in [0.2, 0.25) is 0 Å². The van der Waals surface area contributed by atoms with Crippen molar-refractivity contribution in [3.63, 3.8) is 0 Å². The number of nitriles is 2. The maximum absolute atomic E-state index is 9.39. The van der Waals surface area contributed by atoms with Gasteiger partial charge in [0.1, 0.15) is 23.6 Å². The lowest BCUT2D eigenvalue weighted by Gasteiger charge is -2.13. The first kappa shape index (κ1) is 23.2. The molecule has 2 aromatic carbocycles. The van der Waals surface area contributed by atoms with E-state index in [4.69, 9.17) is 9.47 Å².